The summed E-state index contributed by atoms with van der Waals surface area (Å²) in [7, 11) is 1.16. The highest BCUT2D eigenvalue weighted by atomic mass is 16.5. The molecule has 2 N–H and O–H groups in total. The maximum atomic E-state index is 11.4. The van der Waals surface area contributed by atoms with E-state index in [1.165, 1.54) is 12.1 Å². The summed E-state index contributed by atoms with van der Waals surface area (Å²) in [5.41, 5.74) is -0.0969. The molecule has 0 heterocycles. The standard InChI is InChI=1S/C10H10O5/c1-15-10(14)5-9(13)7-4-6(11)2-3-8(7)12/h2-4,11-12H,5H2,1H3. The van der Waals surface area contributed by atoms with Crippen molar-refractivity contribution in [1.82, 2.24) is 0 Å². The third-order valence-corrected chi connectivity index (χ3v) is 1.81. The fourth-order valence-electron chi connectivity index (χ4n) is 1.05. The van der Waals surface area contributed by atoms with Crippen LogP contribution in [-0.2, 0) is 9.53 Å². The molecular weight excluding hydrogens is 200 g/mol. The van der Waals surface area contributed by atoms with Gasteiger partial charge in [0.25, 0.3) is 0 Å². The second kappa shape index (κ2) is 4.45. The molecule has 0 aliphatic carbocycles. The lowest BCUT2D eigenvalue weighted by Gasteiger charge is -2.03. The number of ether oxygens (including phenoxy) is 1. The van der Waals surface area contributed by atoms with E-state index in [9.17, 15) is 14.7 Å². The van der Waals surface area contributed by atoms with Gasteiger partial charge in [-0.25, -0.2) is 0 Å². The van der Waals surface area contributed by atoms with Crippen molar-refractivity contribution >= 4 is 11.8 Å². The van der Waals surface area contributed by atoms with Crippen molar-refractivity contribution in [2.24, 2.45) is 0 Å². The molecular formula is C10H10O5. The molecule has 0 unspecified atom stereocenters. The maximum Gasteiger partial charge on any atom is 0.313 e. The summed E-state index contributed by atoms with van der Waals surface area (Å²) in [5.74, 6) is -1.72. The van der Waals surface area contributed by atoms with Gasteiger partial charge in [-0.1, -0.05) is 0 Å². The first-order chi connectivity index (χ1) is 7.04. The molecule has 0 saturated carbocycles. The molecule has 1 aromatic carbocycles. The molecule has 5 heteroatoms. The Morgan fingerprint density at radius 2 is 2.00 bits per heavy atom. The van der Waals surface area contributed by atoms with Crippen LogP contribution in [0, 0.1) is 0 Å². The smallest absolute Gasteiger partial charge is 0.313 e. The molecule has 0 aromatic heterocycles. The van der Waals surface area contributed by atoms with E-state index in [4.69, 9.17) is 5.11 Å². The van der Waals surface area contributed by atoms with Crippen molar-refractivity contribution in [3.63, 3.8) is 0 Å². The molecule has 0 atom stereocenters. The number of hydrogen-bond acceptors (Lipinski definition) is 5. The summed E-state index contributed by atoms with van der Waals surface area (Å²) in [4.78, 5) is 22.2. The van der Waals surface area contributed by atoms with Gasteiger partial charge in [0.1, 0.15) is 17.9 Å². The zero-order valence-corrected chi connectivity index (χ0v) is 8.06. The topological polar surface area (TPSA) is 83.8 Å². The van der Waals surface area contributed by atoms with Crippen molar-refractivity contribution in [3.8, 4) is 11.5 Å². The third-order valence-electron chi connectivity index (χ3n) is 1.81. The second-order valence-electron chi connectivity index (χ2n) is 2.88. The third kappa shape index (κ3) is 2.70. The Kier molecular flexibility index (Phi) is 3.28. The van der Waals surface area contributed by atoms with Crippen LogP contribution in [0.4, 0.5) is 0 Å². The van der Waals surface area contributed by atoms with Crippen LogP contribution in [0.2, 0.25) is 0 Å². The fraction of sp³-hybridized carbons (Fsp3) is 0.200. The van der Waals surface area contributed by atoms with Gasteiger partial charge in [0.15, 0.2) is 5.78 Å². The highest BCUT2D eigenvalue weighted by Crippen LogP contribution is 2.23. The number of ketones is 1. The van der Waals surface area contributed by atoms with E-state index >= 15 is 0 Å². The van der Waals surface area contributed by atoms with Gasteiger partial charge < -0.3 is 14.9 Å². The monoisotopic (exact) mass is 210 g/mol. The average molecular weight is 210 g/mol. The highest BCUT2D eigenvalue weighted by Gasteiger charge is 2.16. The van der Waals surface area contributed by atoms with E-state index < -0.39 is 18.2 Å². The summed E-state index contributed by atoms with van der Waals surface area (Å²) in [5, 5.41) is 18.4. The van der Waals surface area contributed by atoms with Gasteiger partial charge in [-0.15, -0.1) is 0 Å². The molecule has 1 rings (SSSR count). The number of rotatable bonds is 3. The van der Waals surface area contributed by atoms with Crippen molar-refractivity contribution in [2.45, 2.75) is 6.42 Å². The number of aromatic hydroxyl groups is 2. The van der Waals surface area contributed by atoms with Crippen LogP contribution in [0.15, 0.2) is 18.2 Å². The molecule has 0 fully saturated rings. The number of carbonyl (C=O) groups excluding carboxylic acids is 2. The van der Waals surface area contributed by atoms with Gasteiger partial charge in [-0.3, -0.25) is 9.59 Å². The first-order valence-corrected chi connectivity index (χ1v) is 4.16. The lowest BCUT2D eigenvalue weighted by atomic mass is 10.1. The lowest BCUT2D eigenvalue weighted by Crippen LogP contribution is -2.09. The van der Waals surface area contributed by atoms with E-state index in [-0.39, 0.29) is 17.1 Å². The van der Waals surface area contributed by atoms with E-state index in [1.807, 2.05) is 0 Å². The van der Waals surface area contributed by atoms with Crippen molar-refractivity contribution in [1.29, 1.82) is 0 Å². The van der Waals surface area contributed by atoms with E-state index in [0.29, 0.717) is 0 Å². The molecule has 15 heavy (non-hydrogen) atoms. The Morgan fingerprint density at radius 3 is 2.60 bits per heavy atom. The first-order valence-electron chi connectivity index (χ1n) is 4.16. The molecule has 0 amide bonds. The van der Waals surface area contributed by atoms with E-state index in [1.54, 1.807) is 0 Å². The summed E-state index contributed by atoms with van der Waals surface area (Å²) in [6.07, 6.45) is -0.465. The molecule has 80 valence electrons. The van der Waals surface area contributed by atoms with Crippen LogP contribution >= 0.6 is 0 Å². The number of carbonyl (C=O) groups is 2. The van der Waals surface area contributed by atoms with Gasteiger partial charge in [0, 0.05) is 0 Å². The van der Waals surface area contributed by atoms with E-state index in [0.717, 1.165) is 13.2 Å². The zero-order valence-electron chi connectivity index (χ0n) is 8.06. The van der Waals surface area contributed by atoms with Gasteiger partial charge in [-0.2, -0.15) is 0 Å². The minimum absolute atomic E-state index is 0.0969. The average Bonchev–Trinajstić information content (AvgIpc) is 2.21. The van der Waals surface area contributed by atoms with Crippen LogP contribution in [-0.4, -0.2) is 29.1 Å². The van der Waals surface area contributed by atoms with Gasteiger partial charge in [0.2, 0.25) is 0 Å². The maximum absolute atomic E-state index is 11.4. The summed E-state index contributed by atoms with van der Waals surface area (Å²) in [6.45, 7) is 0. The molecule has 0 radical (unpaired) electrons. The SMILES string of the molecule is COC(=O)CC(=O)c1cc(O)ccc1O. The Morgan fingerprint density at radius 1 is 1.33 bits per heavy atom. The molecule has 0 spiro atoms. The molecule has 0 aliphatic rings. The van der Waals surface area contributed by atoms with Gasteiger partial charge in [0.05, 0.1) is 12.7 Å². The minimum Gasteiger partial charge on any atom is -0.508 e. The largest absolute Gasteiger partial charge is 0.508 e. The van der Waals surface area contributed by atoms with Gasteiger partial charge >= 0.3 is 5.97 Å². The Balaban J connectivity index is 2.91. The van der Waals surface area contributed by atoms with Gasteiger partial charge in [-0.05, 0) is 18.2 Å². The number of phenols is 2. The number of hydrogen-bond donors (Lipinski definition) is 2. The second-order valence-corrected chi connectivity index (χ2v) is 2.88. The highest BCUT2D eigenvalue weighted by molar-refractivity contribution is 6.07. The van der Waals surface area contributed by atoms with Crippen LogP contribution in [0.5, 0.6) is 11.5 Å². The number of phenolic OH excluding ortho intramolecular Hbond substituents is 2. The van der Waals surface area contributed by atoms with Crippen LogP contribution in [0.25, 0.3) is 0 Å². The van der Waals surface area contributed by atoms with Crippen molar-refractivity contribution in [3.05, 3.63) is 23.8 Å². The van der Waals surface area contributed by atoms with E-state index in [2.05, 4.69) is 4.74 Å². The number of benzene rings is 1. The zero-order chi connectivity index (χ0) is 11.4. The van der Waals surface area contributed by atoms with Crippen molar-refractivity contribution < 1.29 is 24.5 Å². The summed E-state index contributed by atoms with van der Waals surface area (Å²) < 4.78 is 4.31. The predicted octanol–water partition coefficient (Wildman–Crippen LogP) is 0.844. The number of methoxy groups -OCH3 is 1. The Bertz CT molecular complexity index is 397. The molecule has 5 nitrogen and oxygen atoms in total. The van der Waals surface area contributed by atoms with Crippen LogP contribution in [0.3, 0.4) is 0 Å². The number of esters is 1. The summed E-state index contributed by atoms with van der Waals surface area (Å²) in [6, 6.07) is 3.52. The summed E-state index contributed by atoms with van der Waals surface area (Å²) >= 11 is 0. The number of Topliss-reactive ketones (excluding diaryl/α,β-unsaturated/α-hetero) is 1. The Hall–Kier alpha value is -2.04. The fourth-order valence-corrected chi connectivity index (χ4v) is 1.05. The molecule has 0 aliphatic heterocycles. The predicted molar refractivity (Wildman–Crippen MR) is 50.7 cm³/mol. The van der Waals surface area contributed by atoms with Crippen LogP contribution < -0.4 is 0 Å². The molecule has 0 bridgehead atoms. The van der Waals surface area contributed by atoms with Crippen LogP contribution in [0.1, 0.15) is 16.8 Å². The molecule has 1 aromatic rings. The quantitative estimate of drug-likeness (QED) is 0.334. The molecule has 0 saturated heterocycles. The lowest BCUT2D eigenvalue weighted by molar-refractivity contribution is -0.139. The minimum atomic E-state index is -0.692. The normalized spacial score (nSPS) is 9.67. The Labute approximate surface area is 85.9 Å². The van der Waals surface area contributed by atoms with Crippen molar-refractivity contribution in [2.75, 3.05) is 7.11 Å². The first kappa shape index (κ1) is 11.0.